The van der Waals surface area contributed by atoms with Gasteiger partial charge in [-0.05, 0) is 24.6 Å². The van der Waals surface area contributed by atoms with Gasteiger partial charge in [-0.25, -0.2) is 4.99 Å². The molecule has 0 spiro atoms. The lowest BCUT2D eigenvalue weighted by atomic mass is 10.1. The smallest absolute Gasteiger partial charge is 0.316 e. The molecule has 1 aliphatic heterocycles. The van der Waals surface area contributed by atoms with E-state index in [4.69, 9.17) is 4.74 Å². The van der Waals surface area contributed by atoms with Crippen LogP contribution in [0.1, 0.15) is 18.5 Å². The molecule has 1 atom stereocenters. The van der Waals surface area contributed by atoms with Gasteiger partial charge in [-0.1, -0.05) is 12.1 Å². The zero-order valence-corrected chi connectivity index (χ0v) is 10.1. The number of hydrogen-bond donors (Lipinski definition) is 2. The summed E-state index contributed by atoms with van der Waals surface area (Å²) in [7, 11) is 1.60. The lowest BCUT2D eigenvalue weighted by molar-refractivity contribution is -0.135. The predicted molar refractivity (Wildman–Crippen MR) is 65.1 cm³/mol. The molecule has 1 saturated heterocycles. The second kappa shape index (κ2) is 4.87. The number of rotatable bonds is 3. The van der Waals surface area contributed by atoms with Gasteiger partial charge in [0.1, 0.15) is 5.75 Å². The Morgan fingerprint density at radius 1 is 1.11 bits per heavy atom. The zero-order chi connectivity index (χ0) is 13.1. The van der Waals surface area contributed by atoms with Gasteiger partial charge in [0.05, 0.1) is 13.2 Å². The SMILES string of the molecule is COc1ccc(C(C)N=C2NC(=O)C(=O)N2)cc1. The normalized spacial score (nSPS) is 16.0. The first kappa shape index (κ1) is 12.1. The van der Waals surface area contributed by atoms with Crippen molar-refractivity contribution in [2.75, 3.05) is 7.11 Å². The van der Waals surface area contributed by atoms with E-state index in [0.29, 0.717) is 0 Å². The van der Waals surface area contributed by atoms with Crippen LogP contribution >= 0.6 is 0 Å². The summed E-state index contributed by atoms with van der Waals surface area (Å²) in [6.07, 6.45) is 0. The topological polar surface area (TPSA) is 79.8 Å². The van der Waals surface area contributed by atoms with Gasteiger partial charge in [-0.2, -0.15) is 0 Å². The van der Waals surface area contributed by atoms with Crippen molar-refractivity contribution in [3.8, 4) is 5.75 Å². The molecule has 6 nitrogen and oxygen atoms in total. The molecule has 0 aliphatic carbocycles. The molecule has 2 amide bonds. The van der Waals surface area contributed by atoms with E-state index in [2.05, 4.69) is 15.6 Å². The van der Waals surface area contributed by atoms with Crippen LogP contribution in [0, 0.1) is 0 Å². The highest BCUT2D eigenvalue weighted by molar-refractivity contribution is 6.45. The van der Waals surface area contributed by atoms with E-state index in [1.54, 1.807) is 7.11 Å². The molecular weight excluding hydrogens is 234 g/mol. The highest BCUT2D eigenvalue weighted by atomic mass is 16.5. The number of aliphatic imine (C=N–C) groups is 1. The second-order valence-corrected chi connectivity index (χ2v) is 3.84. The Morgan fingerprint density at radius 3 is 2.17 bits per heavy atom. The van der Waals surface area contributed by atoms with E-state index in [-0.39, 0.29) is 12.0 Å². The summed E-state index contributed by atoms with van der Waals surface area (Å²) >= 11 is 0. The van der Waals surface area contributed by atoms with E-state index < -0.39 is 11.8 Å². The van der Waals surface area contributed by atoms with Gasteiger partial charge in [-0.15, -0.1) is 0 Å². The number of nitrogens with zero attached hydrogens (tertiary/aromatic N) is 1. The largest absolute Gasteiger partial charge is 0.497 e. The zero-order valence-electron chi connectivity index (χ0n) is 10.1. The lowest BCUT2D eigenvalue weighted by Gasteiger charge is -2.08. The van der Waals surface area contributed by atoms with Crippen LogP contribution in [0.5, 0.6) is 5.75 Å². The molecule has 0 aromatic heterocycles. The molecule has 0 radical (unpaired) electrons. The number of amides is 2. The van der Waals surface area contributed by atoms with E-state index >= 15 is 0 Å². The summed E-state index contributed by atoms with van der Waals surface area (Å²) < 4.78 is 5.06. The first-order chi connectivity index (χ1) is 8.60. The summed E-state index contributed by atoms with van der Waals surface area (Å²) in [5.41, 5.74) is 0.957. The van der Waals surface area contributed by atoms with Gasteiger partial charge >= 0.3 is 11.8 Å². The summed E-state index contributed by atoms with van der Waals surface area (Å²) in [6, 6.07) is 7.25. The third-order valence-electron chi connectivity index (χ3n) is 2.59. The number of nitrogens with one attached hydrogen (secondary N) is 2. The quantitative estimate of drug-likeness (QED) is 0.757. The van der Waals surface area contributed by atoms with Crippen LogP contribution in [-0.4, -0.2) is 24.9 Å². The van der Waals surface area contributed by atoms with Crippen LogP contribution < -0.4 is 15.4 Å². The molecule has 1 heterocycles. The van der Waals surface area contributed by atoms with Gasteiger partial charge in [0, 0.05) is 0 Å². The number of hydrogen-bond acceptors (Lipinski definition) is 4. The average molecular weight is 247 g/mol. The van der Waals surface area contributed by atoms with Gasteiger partial charge in [-0.3, -0.25) is 20.2 Å². The average Bonchev–Trinajstić information content (AvgIpc) is 2.68. The summed E-state index contributed by atoms with van der Waals surface area (Å²) in [5.74, 6) is -0.416. The van der Waals surface area contributed by atoms with Crippen LogP contribution in [0.3, 0.4) is 0 Å². The number of ether oxygens (including phenoxy) is 1. The van der Waals surface area contributed by atoms with Crippen molar-refractivity contribution in [1.82, 2.24) is 10.6 Å². The maximum Gasteiger partial charge on any atom is 0.316 e. The van der Waals surface area contributed by atoms with Gasteiger partial charge in [0.2, 0.25) is 5.96 Å². The van der Waals surface area contributed by atoms with Crippen molar-refractivity contribution in [2.45, 2.75) is 13.0 Å². The van der Waals surface area contributed by atoms with Crippen molar-refractivity contribution < 1.29 is 14.3 Å². The standard InChI is InChI=1S/C12H13N3O3/c1-7(8-3-5-9(18-2)6-4-8)13-12-14-10(16)11(17)15-12/h3-7H,1-2H3,(H2,13,14,15,16,17). The Bertz CT molecular complexity index is 490. The summed E-state index contributed by atoms with van der Waals surface area (Å²) in [6.45, 7) is 1.87. The number of carbonyl (C=O) groups is 2. The summed E-state index contributed by atoms with van der Waals surface area (Å²) in [4.78, 5) is 26.1. The fourth-order valence-corrected chi connectivity index (χ4v) is 1.58. The van der Waals surface area contributed by atoms with E-state index in [0.717, 1.165) is 11.3 Å². The number of benzene rings is 1. The fraction of sp³-hybridized carbons (Fsp3) is 0.250. The van der Waals surface area contributed by atoms with Crippen molar-refractivity contribution in [3.63, 3.8) is 0 Å². The van der Waals surface area contributed by atoms with Crippen LogP contribution in [0.4, 0.5) is 0 Å². The molecule has 0 saturated carbocycles. The van der Waals surface area contributed by atoms with Crippen molar-refractivity contribution in [2.24, 2.45) is 4.99 Å². The minimum Gasteiger partial charge on any atom is -0.497 e. The second-order valence-electron chi connectivity index (χ2n) is 3.84. The Balaban J connectivity index is 2.11. The minimum absolute atomic E-state index is 0.176. The molecule has 1 aromatic rings. The molecule has 2 N–H and O–H groups in total. The first-order valence-electron chi connectivity index (χ1n) is 5.44. The number of carbonyl (C=O) groups excluding carboxylic acids is 2. The third-order valence-corrected chi connectivity index (χ3v) is 2.59. The lowest BCUT2D eigenvalue weighted by Crippen LogP contribution is -2.26. The van der Waals surface area contributed by atoms with Crippen molar-refractivity contribution in [3.05, 3.63) is 29.8 Å². The molecule has 2 rings (SSSR count). The Hall–Kier alpha value is -2.37. The van der Waals surface area contributed by atoms with E-state index in [1.807, 2.05) is 31.2 Å². The predicted octanol–water partition coefficient (Wildman–Crippen LogP) is 0.358. The monoisotopic (exact) mass is 247 g/mol. The molecule has 18 heavy (non-hydrogen) atoms. The first-order valence-corrected chi connectivity index (χ1v) is 5.44. The maximum absolute atomic E-state index is 11.0. The van der Waals surface area contributed by atoms with Crippen LogP contribution in [-0.2, 0) is 9.59 Å². The van der Waals surface area contributed by atoms with Crippen LogP contribution in [0.2, 0.25) is 0 Å². The maximum atomic E-state index is 11.0. The molecule has 94 valence electrons. The number of guanidine groups is 1. The van der Waals surface area contributed by atoms with Gasteiger partial charge < -0.3 is 4.74 Å². The van der Waals surface area contributed by atoms with E-state index in [1.165, 1.54) is 0 Å². The number of methoxy groups -OCH3 is 1. The molecule has 1 aromatic carbocycles. The molecule has 0 bridgehead atoms. The van der Waals surface area contributed by atoms with Crippen LogP contribution in [0.15, 0.2) is 29.3 Å². The summed E-state index contributed by atoms with van der Waals surface area (Å²) in [5, 5.41) is 4.71. The Morgan fingerprint density at radius 2 is 1.67 bits per heavy atom. The van der Waals surface area contributed by atoms with Crippen LogP contribution in [0.25, 0.3) is 0 Å². The fourth-order valence-electron chi connectivity index (χ4n) is 1.58. The molecule has 1 unspecified atom stereocenters. The Labute approximate surface area is 104 Å². The van der Waals surface area contributed by atoms with Gasteiger partial charge in [0.15, 0.2) is 0 Å². The third kappa shape index (κ3) is 2.48. The minimum atomic E-state index is -0.685. The highest BCUT2D eigenvalue weighted by Gasteiger charge is 2.25. The molecular formula is C12H13N3O3. The Kier molecular flexibility index (Phi) is 3.27. The van der Waals surface area contributed by atoms with Crippen molar-refractivity contribution in [1.29, 1.82) is 0 Å². The van der Waals surface area contributed by atoms with Gasteiger partial charge in [0.25, 0.3) is 0 Å². The molecule has 1 fully saturated rings. The van der Waals surface area contributed by atoms with E-state index in [9.17, 15) is 9.59 Å². The van der Waals surface area contributed by atoms with Crippen molar-refractivity contribution >= 4 is 17.8 Å². The molecule has 1 aliphatic rings. The molecule has 6 heteroatoms. The highest BCUT2D eigenvalue weighted by Crippen LogP contribution is 2.20.